The smallest absolute Gasteiger partial charge is 0.391 e. The summed E-state index contributed by atoms with van der Waals surface area (Å²) in [6.45, 7) is 3.03. The zero-order valence-corrected chi connectivity index (χ0v) is 18.5. The number of rotatable bonds is 9. The van der Waals surface area contributed by atoms with Crippen LogP contribution < -0.4 is 5.32 Å². The van der Waals surface area contributed by atoms with Crippen LogP contribution in [0.4, 0.5) is 22.0 Å². The van der Waals surface area contributed by atoms with Crippen LogP contribution in [-0.2, 0) is 33.8 Å². The standard InChI is InChI=1S/C22H24F5N3O3/c1-13-6-5-7-15(10-30(32-4)11-19(31)28-3)16(13)12-33-29-14(2)20-18(23)9-8-17(21(20)24)22(25,26)27/h5-9H,10-12H2,1-4H3,(H,28,31)/b29-14+. The summed E-state index contributed by atoms with van der Waals surface area (Å²) in [7, 11) is 2.92. The van der Waals surface area contributed by atoms with E-state index in [1.807, 2.05) is 0 Å². The Labute approximate surface area is 187 Å². The van der Waals surface area contributed by atoms with Crippen LogP contribution in [0, 0.1) is 18.6 Å². The first-order valence-corrected chi connectivity index (χ1v) is 9.78. The molecular weight excluding hydrogens is 449 g/mol. The third-order valence-corrected chi connectivity index (χ3v) is 4.88. The van der Waals surface area contributed by atoms with Gasteiger partial charge in [-0.15, -0.1) is 0 Å². The first-order valence-electron chi connectivity index (χ1n) is 9.78. The van der Waals surface area contributed by atoms with Gasteiger partial charge in [0, 0.05) is 7.05 Å². The highest BCUT2D eigenvalue weighted by molar-refractivity contribution is 5.99. The number of halogens is 5. The van der Waals surface area contributed by atoms with E-state index in [-0.39, 0.29) is 31.3 Å². The van der Waals surface area contributed by atoms with Gasteiger partial charge in [-0.3, -0.25) is 4.79 Å². The van der Waals surface area contributed by atoms with Crippen molar-refractivity contribution in [1.29, 1.82) is 0 Å². The molecule has 1 N–H and O–H groups in total. The molecule has 11 heteroatoms. The lowest BCUT2D eigenvalue weighted by Gasteiger charge is -2.21. The van der Waals surface area contributed by atoms with Crippen molar-refractivity contribution in [2.45, 2.75) is 33.2 Å². The highest BCUT2D eigenvalue weighted by Gasteiger charge is 2.36. The number of hydroxylamine groups is 2. The largest absolute Gasteiger partial charge is 0.419 e. The molecule has 6 nitrogen and oxygen atoms in total. The number of benzene rings is 2. The van der Waals surface area contributed by atoms with Crippen LogP contribution in [0.3, 0.4) is 0 Å². The minimum Gasteiger partial charge on any atom is -0.391 e. The van der Waals surface area contributed by atoms with Crippen molar-refractivity contribution in [3.8, 4) is 0 Å². The van der Waals surface area contributed by atoms with E-state index in [4.69, 9.17) is 9.68 Å². The van der Waals surface area contributed by atoms with Gasteiger partial charge < -0.3 is 15.0 Å². The van der Waals surface area contributed by atoms with E-state index in [0.29, 0.717) is 17.7 Å². The van der Waals surface area contributed by atoms with Crippen molar-refractivity contribution in [2.24, 2.45) is 5.16 Å². The first-order chi connectivity index (χ1) is 15.5. The van der Waals surface area contributed by atoms with Crippen molar-refractivity contribution in [3.63, 3.8) is 0 Å². The lowest BCUT2D eigenvalue weighted by molar-refractivity contribution is -0.155. The van der Waals surface area contributed by atoms with E-state index in [1.165, 1.54) is 19.2 Å². The van der Waals surface area contributed by atoms with E-state index in [0.717, 1.165) is 18.1 Å². The third kappa shape index (κ3) is 6.72. The summed E-state index contributed by atoms with van der Waals surface area (Å²) in [5, 5.41) is 7.55. The molecule has 0 radical (unpaired) electrons. The van der Waals surface area contributed by atoms with Crippen LogP contribution in [0.5, 0.6) is 0 Å². The Morgan fingerprint density at radius 3 is 2.48 bits per heavy atom. The Bertz CT molecular complexity index is 1030. The SMILES string of the molecule is CNC(=O)CN(Cc1cccc(C)c1CO/N=C(\C)c1c(F)ccc(C(F)(F)F)c1F)OC. The molecule has 2 rings (SSSR count). The zero-order chi connectivity index (χ0) is 24.8. The van der Waals surface area contributed by atoms with Gasteiger partial charge in [0.1, 0.15) is 24.8 Å². The van der Waals surface area contributed by atoms with Crippen LogP contribution >= 0.6 is 0 Å². The predicted molar refractivity (Wildman–Crippen MR) is 111 cm³/mol. The summed E-state index contributed by atoms with van der Waals surface area (Å²) < 4.78 is 67.2. The average Bonchev–Trinajstić information content (AvgIpc) is 2.73. The van der Waals surface area contributed by atoms with Crippen molar-refractivity contribution in [3.05, 3.63) is 69.8 Å². The number of aryl methyl sites for hydroxylation is 1. The quantitative estimate of drug-likeness (QED) is 0.334. The number of carbonyl (C=O) groups is 1. The number of likely N-dealkylation sites (N-methyl/N-ethyl adjacent to an activating group) is 1. The lowest BCUT2D eigenvalue weighted by atomic mass is 10.0. The lowest BCUT2D eigenvalue weighted by Crippen LogP contribution is -2.34. The fourth-order valence-electron chi connectivity index (χ4n) is 3.07. The molecule has 0 bridgehead atoms. The van der Waals surface area contributed by atoms with Crippen molar-refractivity contribution in [2.75, 3.05) is 20.7 Å². The predicted octanol–water partition coefficient (Wildman–Crippen LogP) is 4.34. The van der Waals surface area contributed by atoms with Gasteiger partial charge in [-0.25, -0.2) is 8.78 Å². The molecule has 180 valence electrons. The van der Waals surface area contributed by atoms with Crippen molar-refractivity contribution in [1.82, 2.24) is 10.4 Å². The third-order valence-electron chi connectivity index (χ3n) is 4.88. The fourth-order valence-corrected chi connectivity index (χ4v) is 3.07. The number of amides is 1. The van der Waals surface area contributed by atoms with Crippen LogP contribution in [0.25, 0.3) is 0 Å². The van der Waals surface area contributed by atoms with Crippen LogP contribution in [0.1, 0.15) is 34.7 Å². The summed E-state index contributed by atoms with van der Waals surface area (Å²) in [5.74, 6) is -3.20. The number of alkyl halides is 3. The molecule has 0 aliphatic rings. The normalized spacial score (nSPS) is 12.2. The highest BCUT2D eigenvalue weighted by atomic mass is 19.4. The number of hydrogen-bond donors (Lipinski definition) is 1. The molecule has 1 amide bonds. The monoisotopic (exact) mass is 473 g/mol. The molecule has 2 aromatic carbocycles. The van der Waals surface area contributed by atoms with Gasteiger partial charge >= 0.3 is 6.18 Å². The Kier molecular flexibility index (Phi) is 8.89. The summed E-state index contributed by atoms with van der Waals surface area (Å²) in [6, 6.07) is 6.25. The molecular formula is C22H24F5N3O3. The van der Waals surface area contributed by atoms with Crippen molar-refractivity contribution < 1.29 is 36.4 Å². The number of carbonyl (C=O) groups excluding carboxylic acids is 1. The summed E-state index contributed by atoms with van der Waals surface area (Å²) in [5.41, 5.74) is -0.656. The van der Waals surface area contributed by atoms with E-state index in [2.05, 4.69) is 10.5 Å². The molecule has 0 heterocycles. The average molecular weight is 473 g/mol. The number of hydrogen-bond acceptors (Lipinski definition) is 5. The maximum Gasteiger partial charge on any atom is 0.419 e. The van der Waals surface area contributed by atoms with Gasteiger partial charge in [0.25, 0.3) is 0 Å². The number of nitrogens with one attached hydrogen (secondary N) is 1. The summed E-state index contributed by atoms with van der Waals surface area (Å²) in [4.78, 5) is 22.1. The number of oxime groups is 1. The highest BCUT2D eigenvalue weighted by Crippen LogP contribution is 2.33. The summed E-state index contributed by atoms with van der Waals surface area (Å²) >= 11 is 0. The Hall–Kier alpha value is -3.05. The zero-order valence-electron chi connectivity index (χ0n) is 18.5. The maximum absolute atomic E-state index is 14.3. The maximum atomic E-state index is 14.3. The molecule has 0 fully saturated rings. The minimum absolute atomic E-state index is 0.0212. The second-order valence-corrected chi connectivity index (χ2v) is 7.10. The van der Waals surface area contributed by atoms with E-state index in [9.17, 15) is 26.7 Å². The Morgan fingerprint density at radius 1 is 1.18 bits per heavy atom. The van der Waals surface area contributed by atoms with Gasteiger partial charge in [0.15, 0.2) is 0 Å². The van der Waals surface area contributed by atoms with Crippen LogP contribution in [-0.4, -0.2) is 37.4 Å². The van der Waals surface area contributed by atoms with Crippen LogP contribution in [0.2, 0.25) is 0 Å². The topological polar surface area (TPSA) is 63.2 Å². The van der Waals surface area contributed by atoms with Gasteiger partial charge in [0.2, 0.25) is 5.91 Å². The Morgan fingerprint density at radius 2 is 1.88 bits per heavy atom. The minimum atomic E-state index is -4.98. The summed E-state index contributed by atoms with van der Waals surface area (Å²) in [6.07, 6.45) is -4.98. The molecule has 0 aliphatic heterocycles. The van der Waals surface area contributed by atoms with Crippen LogP contribution in [0.15, 0.2) is 35.5 Å². The second-order valence-electron chi connectivity index (χ2n) is 7.10. The van der Waals surface area contributed by atoms with Gasteiger partial charge in [-0.05, 0) is 42.7 Å². The van der Waals surface area contributed by atoms with E-state index in [1.54, 1.807) is 25.1 Å². The molecule has 0 spiro atoms. The molecule has 0 unspecified atom stereocenters. The molecule has 33 heavy (non-hydrogen) atoms. The second kappa shape index (κ2) is 11.2. The van der Waals surface area contributed by atoms with Gasteiger partial charge in [0.05, 0.1) is 30.5 Å². The molecule has 0 atom stereocenters. The Balaban J connectivity index is 2.25. The van der Waals surface area contributed by atoms with Gasteiger partial charge in [-0.1, -0.05) is 23.4 Å². The molecule has 0 aromatic heterocycles. The fraction of sp³-hybridized carbons (Fsp3) is 0.364. The molecule has 0 saturated carbocycles. The molecule has 0 aliphatic carbocycles. The van der Waals surface area contributed by atoms with E-state index >= 15 is 0 Å². The van der Waals surface area contributed by atoms with Gasteiger partial charge in [-0.2, -0.15) is 18.2 Å². The molecule has 2 aromatic rings. The first kappa shape index (κ1) is 26.2. The van der Waals surface area contributed by atoms with E-state index < -0.39 is 28.9 Å². The molecule has 0 saturated heterocycles. The van der Waals surface area contributed by atoms with Crippen molar-refractivity contribution >= 4 is 11.6 Å². The number of nitrogens with zero attached hydrogens (tertiary/aromatic N) is 2.